The minimum absolute atomic E-state index is 0.249. The molecule has 0 aromatic rings. The van der Waals surface area contributed by atoms with Gasteiger partial charge in [0, 0.05) is 4.87 Å². The first-order chi connectivity index (χ1) is 5.73. The van der Waals surface area contributed by atoms with E-state index in [2.05, 4.69) is 0 Å². The number of rotatable bonds is 0. The van der Waals surface area contributed by atoms with Gasteiger partial charge in [-0.25, -0.2) is 0 Å². The lowest BCUT2D eigenvalue weighted by Gasteiger charge is -2.42. The van der Waals surface area contributed by atoms with E-state index in [0.29, 0.717) is 0 Å². The lowest BCUT2D eigenvalue weighted by atomic mass is 9.67. The second-order valence-electron chi connectivity index (χ2n) is 5.40. The Kier molecular flexibility index (Phi) is 1.54. The molecule has 0 N–H and O–H groups in total. The maximum atomic E-state index is 6.63. The van der Waals surface area contributed by atoms with E-state index in [9.17, 15) is 0 Å². The molecule has 4 rings (SSSR count). The SMILES string of the molecule is ClC12CCC3C[C@H](C[C@H](C3)C1)C2. The first-order valence-electron chi connectivity index (χ1n) is 5.42. The van der Waals surface area contributed by atoms with Crippen molar-refractivity contribution >= 4 is 11.6 Å². The number of alkyl halides is 1. The van der Waals surface area contributed by atoms with Gasteiger partial charge in [0.2, 0.25) is 0 Å². The third-order valence-electron chi connectivity index (χ3n) is 4.31. The smallest absolute Gasteiger partial charge is 0.0452 e. The van der Waals surface area contributed by atoms with Gasteiger partial charge in [-0.15, -0.1) is 11.6 Å². The van der Waals surface area contributed by atoms with E-state index in [4.69, 9.17) is 11.6 Å². The van der Waals surface area contributed by atoms with Crippen molar-refractivity contribution in [1.29, 1.82) is 0 Å². The van der Waals surface area contributed by atoms with Gasteiger partial charge in [-0.1, -0.05) is 0 Å². The van der Waals surface area contributed by atoms with E-state index in [0.717, 1.165) is 17.8 Å². The Hall–Kier alpha value is 0.290. The van der Waals surface area contributed by atoms with Crippen LogP contribution >= 0.6 is 11.6 Å². The van der Waals surface area contributed by atoms with Crippen LogP contribution in [0.2, 0.25) is 0 Å². The van der Waals surface area contributed by atoms with Crippen LogP contribution in [-0.2, 0) is 0 Å². The maximum Gasteiger partial charge on any atom is 0.0452 e. The second kappa shape index (κ2) is 2.41. The summed E-state index contributed by atoms with van der Waals surface area (Å²) < 4.78 is 0. The number of hydrogen-bond acceptors (Lipinski definition) is 0. The van der Waals surface area contributed by atoms with Crippen LogP contribution in [0.1, 0.15) is 44.9 Å². The van der Waals surface area contributed by atoms with E-state index in [1.807, 2.05) is 0 Å². The molecule has 0 nitrogen and oxygen atoms in total. The zero-order valence-corrected chi connectivity index (χ0v) is 8.32. The lowest BCUT2D eigenvalue weighted by molar-refractivity contribution is 0.144. The summed E-state index contributed by atoms with van der Waals surface area (Å²) in [6.45, 7) is 0. The van der Waals surface area contributed by atoms with Crippen LogP contribution in [0.15, 0.2) is 0 Å². The Labute approximate surface area is 79.7 Å². The van der Waals surface area contributed by atoms with E-state index >= 15 is 0 Å². The topological polar surface area (TPSA) is 0 Å². The molecular weight excluding hydrogens is 168 g/mol. The molecule has 0 aromatic carbocycles. The Morgan fingerprint density at radius 3 is 2.17 bits per heavy atom. The van der Waals surface area contributed by atoms with Gasteiger partial charge in [0.1, 0.15) is 0 Å². The van der Waals surface area contributed by atoms with Crippen LogP contribution in [0.3, 0.4) is 0 Å². The standard InChI is InChI=1S/C11H17Cl/c12-11-2-1-8-3-9(6-11)5-10(4-8)7-11/h8-10H,1-7H2/t8?,9-,10+,11?. The van der Waals surface area contributed by atoms with E-state index in [-0.39, 0.29) is 4.87 Å². The Morgan fingerprint density at radius 1 is 0.917 bits per heavy atom. The van der Waals surface area contributed by atoms with Crippen molar-refractivity contribution in [3.05, 3.63) is 0 Å². The molecule has 0 amide bonds. The first kappa shape index (κ1) is 7.67. The highest BCUT2D eigenvalue weighted by Crippen LogP contribution is 2.55. The van der Waals surface area contributed by atoms with E-state index < -0.39 is 0 Å². The molecule has 68 valence electrons. The van der Waals surface area contributed by atoms with Crippen LogP contribution < -0.4 is 0 Å². The normalized spacial score (nSPS) is 57.2. The van der Waals surface area contributed by atoms with Crippen LogP contribution in [0.5, 0.6) is 0 Å². The molecule has 0 saturated heterocycles. The predicted molar refractivity (Wildman–Crippen MR) is 51.4 cm³/mol. The van der Waals surface area contributed by atoms with Crippen molar-refractivity contribution in [3.63, 3.8) is 0 Å². The van der Waals surface area contributed by atoms with E-state index in [1.54, 1.807) is 0 Å². The van der Waals surface area contributed by atoms with Crippen molar-refractivity contribution in [1.82, 2.24) is 0 Å². The van der Waals surface area contributed by atoms with Crippen molar-refractivity contribution in [2.45, 2.75) is 49.8 Å². The highest BCUT2D eigenvalue weighted by molar-refractivity contribution is 6.24. The Bertz CT molecular complexity index is 185. The fraction of sp³-hybridized carbons (Fsp3) is 1.00. The summed E-state index contributed by atoms with van der Waals surface area (Å²) in [5.74, 6) is 3.06. The minimum Gasteiger partial charge on any atom is -0.119 e. The third-order valence-corrected chi connectivity index (χ3v) is 4.81. The summed E-state index contributed by atoms with van der Waals surface area (Å²) in [5, 5.41) is 0. The van der Waals surface area contributed by atoms with Gasteiger partial charge in [0.15, 0.2) is 0 Å². The summed E-state index contributed by atoms with van der Waals surface area (Å²) in [4.78, 5) is 0.249. The van der Waals surface area contributed by atoms with Crippen molar-refractivity contribution in [2.75, 3.05) is 0 Å². The van der Waals surface area contributed by atoms with Crippen molar-refractivity contribution < 1.29 is 0 Å². The highest BCUT2D eigenvalue weighted by atomic mass is 35.5. The average Bonchev–Trinajstić information content (AvgIpc) is 2.14. The van der Waals surface area contributed by atoms with Gasteiger partial charge < -0.3 is 0 Å². The quantitative estimate of drug-likeness (QED) is 0.505. The van der Waals surface area contributed by atoms with Gasteiger partial charge in [-0.3, -0.25) is 0 Å². The zero-order valence-electron chi connectivity index (χ0n) is 7.56. The zero-order chi connectivity index (χ0) is 8.18. The molecule has 4 fully saturated rings. The molecule has 0 heterocycles. The number of halogens is 1. The molecule has 0 spiro atoms. The summed E-state index contributed by atoms with van der Waals surface area (Å²) in [7, 11) is 0. The summed E-state index contributed by atoms with van der Waals surface area (Å²) in [6, 6.07) is 0. The van der Waals surface area contributed by atoms with Crippen molar-refractivity contribution in [2.24, 2.45) is 17.8 Å². The van der Waals surface area contributed by atoms with Gasteiger partial charge in [-0.05, 0) is 62.7 Å². The number of fused-ring (bicyclic) bond motifs is 1. The fourth-order valence-corrected chi connectivity index (χ4v) is 4.60. The molecule has 0 aliphatic heterocycles. The molecule has 4 bridgehead atoms. The van der Waals surface area contributed by atoms with Gasteiger partial charge >= 0.3 is 0 Å². The largest absolute Gasteiger partial charge is 0.119 e. The maximum absolute atomic E-state index is 6.63. The predicted octanol–water partition coefficient (Wildman–Crippen LogP) is 3.58. The van der Waals surface area contributed by atoms with Gasteiger partial charge in [0.05, 0.1) is 0 Å². The first-order valence-corrected chi connectivity index (χ1v) is 5.80. The van der Waals surface area contributed by atoms with Crippen LogP contribution in [0, 0.1) is 17.8 Å². The molecule has 1 heteroatoms. The summed E-state index contributed by atoms with van der Waals surface area (Å²) >= 11 is 6.63. The van der Waals surface area contributed by atoms with Crippen molar-refractivity contribution in [3.8, 4) is 0 Å². The molecule has 2 unspecified atom stereocenters. The monoisotopic (exact) mass is 184 g/mol. The fourth-order valence-electron chi connectivity index (χ4n) is 4.06. The van der Waals surface area contributed by atoms with Gasteiger partial charge in [-0.2, -0.15) is 0 Å². The van der Waals surface area contributed by atoms with Gasteiger partial charge in [0.25, 0.3) is 0 Å². The summed E-state index contributed by atoms with van der Waals surface area (Å²) in [6.07, 6.45) is 9.92. The molecule has 4 aliphatic carbocycles. The third kappa shape index (κ3) is 1.11. The number of hydrogen-bond donors (Lipinski definition) is 0. The van der Waals surface area contributed by atoms with E-state index in [1.165, 1.54) is 44.9 Å². The molecule has 4 atom stereocenters. The molecular formula is C11H17Cl. The lowest BCUT2D eigenvalue weighted by Crippen LogP contribution is -2.34. The minimum atomic E-state index is 0.249. The molecule has 12 heavy (non-hydrogen) atoms. The van der Waals surface area contributed by atoms with Crippen LogP contribution in [-0.4, -0.2) is 4.87 Å². The molecule has 0 aromatic heterocycles. The average molecular weight is 185 g/mol. The molecule has 4 aliphatic rings. The Morgan fingerprint density at radius 2 is 1.50 bits per heavy atom. The Balaban J connectivity index is 1.94. The highest BCUT2D eigenvalue weighted by Gasteiger charge is 2.46. The van der Waals surface area contributed by atoms with Crippen LogP contribution in [0.25, 0.3) is 0 Å². The summed E-state index contributed by atoms with van der Waals surface area (Å²) in [5.41, 5.74) is 0. The molecule has 4 saturated carbocycles. The second-order valence-corrected chi connectivity index (χ2v) is 6.20. The van der Waals surface area contributed by atoms with Crippen LogP contribution in [0.4, 0.5) is 0 Å². The molecule has 0 radical (unpaired) electrons.